The number of aliphatic hydroxyl groups is 1. The molecule has 0 spiro atoms. The molecule has 2 aromatic rings. The zero-order chi connectivity index (χ0) is 16.8. The smallest absolute Gasteiger partial charge is 0.0831 e. The van der Waals surface area contributed by atoms with E-state index in [0.29, 0.717) is 11.1 Å². The van der Waals surface area contributed by atoms with Crippen LogP contribution in [0.25, 0.3) is 5.69 Å². The molecule has 0 amide bonds. The van der Waals surface area contributed by atoms with E-state index in [1.165, 1.54) is 12.8 Å². The van der Waals surface area contributed by atoms with Gasteiger partial charge in [0.15, 0.2) is 0 Å². The van der Waals surface area contributed by atoms with E-state index in [2.05, 4.69) is 15.3 Å². The summed E-state index contributed by atoms with van der Waals surface area (Å²) in [5, 5.41) is 18.0. The fourth-order valence-corrected chi connectivity index (χ4v) is 3.46. The number of halogens is 1. The molecule has 1 atom stereocenters. The molecule has 1 saturated heterocycles. The van der Waals surface area contributed by atoms with Crippen molar-refractivity contribution in [3.63, 3.8) is 0 Å². The maximum atomic E-state index is 9.45. The van der Waals surface area contributed by atoms with Gasteiger partial charge in [0.1, 0.15) is 0 Å². The fraction of sp³-hybridized carbons (Fsp3) is 0.500. The van der Waals surface area contributed by atoms with Crippen LogP contribution in [-0.2, 0) is 6.54 Å². The molecular formula is C18H25ClN4O. The van der Waals surface area contributed by atoms with Gasteiger partial charge in [0.05, 0.1) is 23.5 Å². The van der Waals surface area contributed by atoms with Crippen LogP contribution in [0.15, 0.2) is 36.7 Å². The van der Waals surface area contributed by atoms with E-state index in [1.807, 2.05) is 41.3 Å². The van der Waals surface area contributed by atoms with Crippen molar-refractivity contribution in [2.24, 2.45) is 0 Å². The van der Waals surface area contributed by atoms with Crippen molar-refractivity contribution in [3.05, 3.63) is 47.2 Å². The SMILES string of the molecule is OCC1CCCCN1CCNCc1cnn(-c2ccccc2Cl)c1. The molecule has 3 rings (SSSR count). The highest BCUT2D eigenvalue weighted by Gasteiger charge is 2.20. The Kier molecular flexibility index (Phi) is 6.26. The Bertz CT molecular complexity index is 645. The van der Waals surface area contributed by atoms with Crippen molar-refractivity contribution in [2.45, 2.75) is 31.8 Å². The monoisotopic (exact) mass is 348 g/mol. The van der Waals surface area contributed by atoms with E-state index in [0.717, 1.165) is 43.9 Å². The van der Waals surface area contributed by atoms with Crippen molar-refractivity contribution in [1.29, 1.82) is 0 Å². The zero-order valence-corrected chi connectivity index (χ0v) is 14.6. The molecule has 1 aromatic heterocycles. The van der Waals surface area contributed by atoms with Crippen LogP contribution in [0, 0.1) is 0 Å². The molecular weight excluding hydrogens is 324 g/mol. The van der Waals surface area contributed by atoms with Crippen LogP contribution in [-0.4, -0.2) is 52.1 Å². The number of aliphatic hydroxyl groups excluding tert-OH is 1. The summed E-state index contributed by atoms with van der Waals surface area (Å²) < 4.78 is 1.81. The van der Waals surface area contributed by atoms with E-state index in [1.54, 1.807) is 0 Å². The van der Waals surface area contributed by atoms with Gasteiger partial charge in [-0.3, -0.25) is 4.90 Å². The number of aromatic nitrogens is 2. The summed E-state index contributed by atoms with van der Waals surface area (Å²) in [5.41, 5.74) is 2.02. The van der Waals surface area contributed by atoms with Gasteiger partial charge in [-0.05, 0) is 31.5 Å². The minimum Gasteiger partial charge on any atom is -0.395 e. The Hall–Kier alpha value is -1.40. The number of hydrogen-bond acceptors (Lipinski definition) is 4. The molecule has 0 bridgehead atoms. The predicted octanol–water partition coefficient (Wildman–Crippen LogP) is 2.46. The number of hydrogen-bond donors (Lipinski definition) is 2. The van der Waals surface area contributed by atoms with Crippen LogP contribution >= 0.6 is 11.6 Å². The Balaban J connectivity index is 1.47. The third-order valence-corrected chi connectivity index (χ3v) is 4.92. The van der Waals surface area contributed by atoms with Crippen LogP contribution in [0.3, 0.4) is 0 Å². The molecule has 1 aliphatic rings. The van der Waals surface area contributed by atoms with Crippen molar-refractivity contribution < 1.29 is 5.11 Å². The third-order valence-electron chi connectivity index (χ3n) is 4.60. The Labute approximate surface area is 148 Å². The van der Waals surface area contributed by atoms with Crippen molar-refractivity contribution >= 4 is 11.6 Å². The van der Waals surface area contributed by atoms with Gasteiger partial charge in [-0.2, -0.15) is 5.10 Å². The maximum Gasteiger partial charge on any atom is 0.0831 e. The van der Waals surface area contributed by atoms with E-state index >= 15 is 0 Å². The molecule has 1 fully saturated rings. The summed E-state index contributed by atoms with van der Waals surface area (Å²) in [6.07, 6.45) is 7.46. The number of nitrogens with zero attached hydrogens (tertiary/aromatic N) is 3. The Morgan fingerprint density at radius 2 is 2.17 bits per heavy atom. The van der Waals surface area contributed by atoms with Crippen molar-refractivity contribution in [2.75, 3.05) is 26.2 Å². The van der Waals surface area contributed by atoms with Gasteiger partial charge < -0.3 is 10.4 Å². The second-order valence-corrected chi connectivity index (χ2v) is 6.70. The molecule has 5 nitrogen and oxygen atoms in total. The summed E-state index contributed by atoms with van der Waals surface area (Å²) in [7, 11) is 0. The average molecular weight is 349 g/mol. The molecule has 0 saturated carbocycles. The maximum absolute atomic E-state index is 9.45. The number of piperidine rings is 1. The van der Waals surface area contributed by atoms with Gasteiger partial charge in [-0.25, -0.2) is 4.68 Å². The molecule has 2 heterocycles. The number of benzene rings is 1. The normalized spacial score (nSPS) is 18.8. The lowest BCUT2D eigenvalue weighted by molar-refractivity contribution is 0.0910. The molecule has 0 aliphatic carbocycles. The summed E-state index contributed by atoms with van der Waals surface area (Å²) in [5.74, 6) is 0. The van der Waals surface area contributed by atoms with Gasteiger partial charge in [-0.1, -0.05) is 30.2 Å². The highest BCUT2D eigenvalue weighted by Crippen LogP contribution is 2.19. The molecule has 2 N–H and O–H groups in total. The summed E-state index contributed by atoms with van der Waals surface area (Å²) >= 11 is 6.21. The average Bonchev–Trinajstić information content (AvgIpc) is 3.08. The molecule has 6 heteroatoms. The lowest BCUT2D eigenvalue weighted by Crippen LogP contribution is -2.44. The van der Waals surface area contributed by atoms with Crippen LogP contribution in [0.1, 0.15) is 24.8 Å². The second-order valence-electron chi connectivity index (χ2n) is 6.29. The Morgan fingerprint density at radius 1 is 1.29 bits per heavy atom. The second kappa shape index (κ2) is 8.62. The van der Waals surface area contributed by atoms with Gasteiger partial charge in [0.25, 0.3) is 0 Å². The first-order valence-corrected chi connectivity index (χ1v) is 9.00. The van der Waals surface area contributed by atoms with Crippen LogP contribution in [0.5, 0.6) is 0 Å². The number of likely N-dealkylation sites (tertiary alicyclic amines) is 1. The lowest BCUT2D eigenvalue weighted by Gasteiger charge is -2.34. The van der Waals surface area contributed by atoms with E-state index in [9.17, 15) is 5.11 Å². The topological polar surface area (TPSA) is 53.3 Å². The molecule has 24 heavy (non-hydrogen) atoms. The molecule has 1 unspecified atom stereocenters. The minimum absolute atomic E-state index is 0.268. The third kappa shape index (κ3) is 4.36. The van der Waals surface area contributed by atoms with Crippen LogP contribution < -0.4 is 5.32 Å². The quantitative estimate of drug-likeness (QED) is 0.755. The minimum atomic E-state index is 0.268. The Morgan fingerprint density at radius 3 is 3.00 bits per heavy atom. The largest absolute Gasteiger partial charge is 0.395 e. The van der Waals surface area contributed by atoms with Gasteiger partial charge in [-0.15, -0.1) is 0 Å². The summed E-state index contributed by atoms with van der Waals surface area (Å²) in [6.45, 7) is 4.03. The van der Waals surface area contributed by atoms with Gasteiger partial charge in [0.2, 0.25) is 0 Å². The molecule has 1 aromatic carbocycles. The first-order chi connectivity index (χ1) is 11.8. The number of rotatable bonds is 7. The first-order valence-electron chi connectivity index (χ1n) is 8.62. The van der Waals surface area contributed by atoms with Crippen molar-refractivity contribution in [1.82, 2.24) is 20.0 Å². The van der Waals surface area contributed by atoms with Crippen molar-refractivity contribution in [3.8, 4) is 5.69 Å². The fourth-order valence-electron chi connectivity index (χ4n) is 3.24. The molecule has 0 radical (unpaired) electrons. The molecule has 1 aliphatic heterocycles. The zero-order valence-electron chi connectivity index (χ0n) is 13.9. The standard InChI is InChI=1S/C18H25ClN4O/c19-17-6-1-2-7-18(17)23-13-15(12-21-23)11-20-8-10-22-9-4-3-5-16(22)14-24/h1-2,6-7,12-13,16,20,24H,3-5,8-11,14H2. The van der Waals surface area contributed by atoms with Gasteiger partial charge in [0, 0.05) is 37.4 Å². The van der Waals surface area contributed by atoms with E-state index in [4.69, 9.17) is 11.6 Å². The molecule has 130 valence electrons. The van der Waals surface area contributed by atoms with Crippen LogP contribution in [0.4, 0.5) is 0 Å². The first kappa shape index (κ1) is 17.4. The summed E-state index contributed by atoms with van der Waals surface area (Å²) in [6, 6.07) is 8.03. The van der Waals surface area contributed by atoms with Crippen LogP contribution in [0.2, 0.25) is 5.02 Å². The predicted molar refractivity (Wildman–Crippen MR) is 96.6 cm³/mol. The summed E-state index contributed by atoms with van der Waals surface area (Å²) in [4.78, 5) is 2.39. The number of para-hydroxylation sites is 1. The highest BCUT2D eigenvalue weighted by molar-refractivity contribution is 6.32. The highest BCUT2D eigenvalue weighted by atomic mass is 35.5. The van der Waals surface area contributed by atoms with E-state index < -0.39 is 0 Å². The van der Waals surface area contributed by atoms with E-state index in [-0.39, 0.29) is 6.61 Å². The lowest BCUT2D eigenvalue weighted by atomic mass is 10.0. The van der Waals surface area contributed by atoms with Gasteiger partial charge >= 0.3 is 0 Å². The number of nitrogens with one attached hydrogen (secondary N) is 1.